The lowest BCUT2D eigenvalue weighted by atomic mass is 9.90. The molecule has 1 saturated heterocycles. The van der Waals surface area contributed by atoms with Crippen LogP contribution in [-0.2, 0) is 0 Å². The second-order valence-corrected chi connectivity index (χ2v) is 7.11. The van der Waals surface area contributed by atoms with Crippen LogP contribution in [0, 0.1) is 0 Å². The zero-order valence-corrected chi connectivity index (χ0v) is 14.7. The van der Waals surface area contributed by atoms with E-state index in [1.165, 1.54) is 16.9 Å². The quantitative estimate of drug-likeness (QED) is 0.711. The number of carbonyl (C=O) groups excluding carboxylic acids is 1. The van der Waals surface area contributed by atoms with Crippen LogP contribution in [0.2, 0.25) is 0 Å². The normalized spacial score (nSPS) is 15.3. The van der Waals surface area contributed by atoms with Crippen molar-refractivity contribution < 1.29 is 4.79 Å². The van der Waals surface area contributed by atoms with Crippen LogP contribution in [-0.4, -0.2) is 33.9 Å². The van der Waals surface area contributed by atoms with Crippen molar-refractivity contribution >= 4 is 17.2 Å². The van der Waals surface area contributed by atoms with Crippen molar-refractivity contribution in [1.29, 1.82) is 0 Å². The Bertz CT molecular complexity index is 840. The number of hydrogen-bond donors (Lipinski definition) is 0. The number of benzene rings is 1. The molecule has 0 unspecified atom stereocenters. The molecule has 1 aromatic carbocycles. The van der Waals surface area contributed by atoms with E-state index in [4.69, 9.17) is 0 Å². The molecule has 0 atom stereocenters. The highest BCUT2D eigenvalue weighted by atomic mass is 32.1. The van der Waals surface area contributed by atoms with Crippen LogP contribution in [0.4, 0.5) is 0 Å². The molecule has 1 amide bonds. The van der Waals surface area contributed by atoms with Crippen LogP contribution in [0.3, 0.4) is 0 Å². The number of thiazole rings is 1. The second kappa shape index (κ2) is 7.15. The molecule has 126 valence electrons. The van der Waals surface area contributed by atoms with Crippen LogP contribution in [0.25, 0.3) is 10.6 Å². The highest BCUT2D eigenvalue weighted by Gasteiger charge is 2.25. The largest absolute Gasteiger partial charge is 0.337 e. The van der Waals surface area contributed by atoms with Crippen LogP contribution >= 0.6 is 11.3 Å². The zero-order valence-electron chi connectivity index (χ0n) is 13.8. The molecule has 5 heteroatoms. The Kier molecular flexibility index (Phi) is 4.57. The Hall–Kier alpha value is -2.53. The molecule has 0 bridgehead atoms. The topological polar surface area (TPSA) is 46.1 Å². The highest BCUT2D eigenvalue weighted by Crippen LogP contribution is 2.29. The molecule has 1 aliphatic heterocycles. The fraction of sp³-hybridized carbons (Fsp3) is 0.250. The lowest BCUT2D eigenvalue weighted by Crippen LogP contribution is -2.38. The lowest BCUT2D eigenvalue weighted by Gasteiger charge is -2.31. The summed E-state index contributed by atoms with van der Waals surface area (Å²) in [5, 5.41) is 2.77. The molecule has 3 aromatic rings. The van der Waals surface area contributed by atoms with Gasteiger partial charge in [0.05, 0.1) is 0 Å². The number of carbonyl (C=O) groups is 1. The summed E-state index contributed by atoms with van der Waals surface area (Å²) in [6, 6.07) is 14.2. The number of piperidine rings is 1. The monoisotopic (exact) mass is 349 g/mol. The maximum Gasteiger partial charge on any atom is 0.273 e. The molecule has 0 radical (unpaired) electrons. The molecule has 0 spiro atoms. The summed E-state index contributed by atoms with van der Waals surface area (Å²) in [6.45, 7) is 1.56. The van der Waals surface area contributed by atoms with Gasteiger partial charge in [-0.15, -0.1) is 11.3 Å². The van der Waals surface area contributed by atoms with Crippen molar-refractivity contribution in [3.05, 3.63) is 71.5 Å². The first-order valence-corrected chi connectivity index (χ1v) is 9.39. The number of hydrogen-bond acceptors (Lipinski definition) is 4. The van der Waals surface area contributed by atoms with E-state index in [9.17, 15) is 4.79 Å². The molecule has 0 N–H and O–H groups in total. The maximum absolute atomic E-state index is 12.7. The van der Waals surface area contributed by atoms with Crippen molar-refractivity contribution in [1.82, 2.24) is 14.9 Å². The first-order chi connectivity index (χ1) is 12.3. The van der Waals surface area contributed by atoms with Crippen molar-refractivity contribution in [2.75, 3.05) is 13.1 Å². The van der Waals surface area contributed by atoms with Crippen molar-refractivity contribution in [2.45, 2.75) is 18.8 Å². The molecular formula is C20H19N3OS. The smallest absolute Gasteiger partial charge is 0.273 e. The minimum atomic E-state index is 0.0478. The van der Waals surface area contributed by atoms with Crippen LogP contribution in [0.1, 0.15) is 34.8 Å². The molecule has 1 fully saturated rings. The first kappa shape index (κ1) is 16.0. The molecule has 0 saturated carbocycles. The summed E-state index contributed by atoms with van der Waals surface area (Å²) in [7, 11) is 0. The first-order valence-electron chi connectivity index (χ1n) is 8.51. The van der Waals surface area contributed by atoms with E-state index in [-0.39, 0.29) is 5.91 Å². The van der Waals surface area contributed by atoms with Gasteiger partial charge in [0, 0.05) is 36.4 Å². The van der Waals surface area contributed by atoms with E-state index in [2.05, 4.69) is 22.1 Å². The Labute approximate surface area is 151 Å². The van der Waals surface area contributed by atoms with Gasteiger partial charge in [0.1, 0.15) is 10.7 Å². The average Bonchev–Trinajstić information content (AvgIpc) is 3.19. The summed E-state index contributed by atoms with van der Waals surface area (Å²) in [5.74, 6) is 0.564. The third kappa shape index (κ3) is 3.46. The van der Waals surface area contributed by atoms with Gasteiger partial charge in [0.2, 0.25) is 0 Å². The minimum Gasteiger partial charge on any atom is -0.337 e. The number of likely N-dealkylation sites (tertiary alicyclic amines) is 1. The summed E-state index contributed by atoms with van der Waals surface area (Å²) >= 11 is 1.53. The van der Waals surface area contributed by atoms with Gasteiger partial charge in [0.25, 0.3) is 5.91 Å². The van der Waals surface area contributed by atoms with Gasteiger partial charge in [0.15, 0.2) is 0 Å². The minimum absolute atomic E-state index is 0.0478. The summed E-state index contributed by atoms with van der Waals surface area (Å²) in [5.41, 5.74) is 2.94. The second-order valence-electron chi connectivity index (χ2n) is 6.25. The van der Waals surface area contributed by atoms with Crippen LogP contribution in [0.15, 0.2) is 60.2 Å². The van der Waals surface area contributed by atoms with Gasteiger partial charge in [-0.05, 0) is 36.5 Å². The predicted octanol–water partition coefficient (Wildman–Crippen LogP) is 4.22. The Morgan fingerprint density at radius 3 is 2.48 bits per heavy atom. The van der Waals surface area contributed by atoms with E-state index in [1.807, 2.05) is 53.0 Å². The molecule has 2 aromatic heterocycles. The van der Waals surface area contributed by atoms with E-state index < -0.39 is 0 Å². The Morgan fingerprint density at radius 2 is 1.76 bits per heavy atom. The fourth-order valence-corrected chi connectivity index (χ4v) is 4.10. The molecule has 0 aliphatic carbocycles. The SMILES string of the molecule is O=C(c1csc(-c2ccccc2)n1)N1CCC(c2ccncc2)CC1. The summed E-state index contributed by atoms with van der Waals surface area (Å²) in [6.07, 6.45) is 5.66. The molecule has 1 aliphatic rings. The Balaban J connectivity index is 1.42. The van der Waals surface area contributed by atoms with E-state index >= 15 is 0 Å². The molecule has 25 heavy (non-hydrogen) atoms. The molecule has 3 heterocycles. The Morgan fingerprint density at radius 1 is 1.04 bits per heavy atom. The lowest BCUT2D eigenvalue weighted by molar-refractivity contribution is 0.0708. The summed E-state index contributed by atoms with van der Waals surface area (Å²) < 4.78 is 0. The number of aromatic nitrogens is 2. The van der Waals surface area contributed by atoms with Gasteiger partial charge >= 0.3 is 0 Å². The third-order valence-electron chi connectivity index (χ3n) is 4.70. The van der Waals surface area contributed by atoms with E-state index in [0.717, 1.165) is 36.5 Å². The van der Waals surface area contributed by atoms with E-state index in [0.29, 0.717) is 11.6 Å². The van der Waals surface area contributed by atoms with Gasteiger partial charge in [-0.25, -0.2) is 4.98 Å². The standard InChI is InChI=1S/C20H19N3OS/c24-20(18-14-25-19(22-18)17-4-2-1-3-5-17)23-12-8-16(9-13-23)15-6-10-21-11-7-15/h1-7,10-11,14,16H,8-9,12-13H2. The third-order valence-corrected chi connectivity index (χ3v) is 5.60. The molecule has 4 rings (SSSR count). The van der Waals surface area contributed by atoms with Crippen LogP contribution < -0.4 is 0 Å². The number of pyridine rings is 1. The van der Waals surface area contributed by atoms with Crippen molar-refractivity contribution in [3.8, 4) is 10.6 Å². The van der Waals surface area contributed by atoms with Gasteiger partial charge < -0.3 is 4.90 Å². The van der Waals surface area contributed by atoms with Gasteiger partial charge in [-0.3, -0.25) is 9.78 Å². The average molecular weight is 349 g/mol. The van der Waals surface area contributed by atoms with Crippen molar-refractivity contribution in [3.63, 3.8) is 0 Å². The number of rotatable bonds is 3. The number of nitrogens with zero attached hydrogens (tertiary/aromatic N) is 3. The zero-order chi connectivity index (χ0) is 17.1. The van der Waals surface area contributed by atoms with Crippen molar-refractivity contribution in [2.24, 2.45) is 0 Å². The summed E-state index contributed by atoms with van der Waals surface area (Å²) in [4.78, 5) is 23.3. The van der Waals surface area contributed by atoms with Gasteiger partial charge in [-0.2, -0.15) is 0 Å². The maximum atomic E-state index is 12.7. The predicted molar refractivity (Wildman–Crippen MR) is 99.7 cm³/mol. The molecular weight excluding hydrogens is 330 g/mol. The van der Waals surface area contributed by atoms with E-state index in [1.54, 1.807) is 0 Å². The highest BCUT2D eigenvalue weighted by molar-refractivity contribution is 7.13. The van der Waals surface area contributed by atoms with Gasteiger partial charge in [-0.1, -0.05) is 30.3 Å². The number of amides is 1. The fourth-order valence-electron chi connectivity index (χ4n) is 3.30. The molecule has 4 nitrogen and oxygen atoms in total. The van der Waals surface area contributed by atoms with Crippen LogP contribution in [0.5, 0.6) is 0 Å².